The van der Waals surface area contributed by atoms with Crippen molar-refractivity contribution < 1.29 is 0 Å². The Bertz CT molecular complexity index is 291. The van der Waals surface area contributed by atoms with Crippen LogP contribution in [0.3, 0.4) is 0 Å². The number of hydrogen-bond acceptors (Lipinski definition) is 3. The number of aromatic nitrogens is 3. The Labute approximate surface area is 71.8 Å². The van der Waals surface area contributed by atoms with Gasteiger partial charge in [0.05, 0.1) is 6.54 Å². The zero-order valence-corrected chi connectivity index (χ0v) is 7.49. The molecule has 1 heterocycles. The van der Waals surface area contributed by atoms with Crippen LogP contribution in [0.25, 0.3) is 0 Å². The van der Waals surface area contributed by atoms with Gasteiger partial charge in [0.1, 0.15) is 11.6 Å². The van der Waals surface area contributed by atoms with Gasteiger partial charge in [-0.1, -0.05) is 6.92 Å². The highest BCUT2D eigenvalue weighted by Crippen LogP contribution is 2.45. The first-order chi connectivity index (χ1) is 5.74. The fourth-order valence-corrected chi connectivity index (χ4v) is 1.56. The predicted octanol–water partition coefficient (Wildman–Crippen LogP) is 0.397. The molecule has 4 heteroatoms. The molecule has 12 heavy (non-hydrogen) atoms. The quantitative estimate of drug-likeness (QED) is 0.691. The van der Waals surface area contributed by atoms with Gasteiger partial charge in [0, 0.05) is 13.0 Å². The summed E-state index contributed by atoms with van der Waals surface area (Å²) in [7, 11) is 1.99. The zero-order valence-electron chi connectivity index (χ0n) is 7.49. The Morgan fingerprint density at radius 3 is 2.67 bits per heavy atom. The van der Waals surface area contributed by atoms with Crippen molar-refractivity contribution in [3.63, 3.8) is 0 Å². The van der Waals surface area contributed by atoms with Crippen LogP contribution >= 0.6 is 0 Å². The summed E-state index contributed by atoms with van der Waals surface area (Å²) in [4.78, 5) is 0. The van der Waals surface area contributed by atoms with Gasteiger partial charge in [0.2, 0.25) is 0 Å². The third kappa shape index (κ3) is 1.03. The molecule has 4 nitrogen and oxygen atoms in total. The molecule has 1 aromatic rings. The molecule has 2 unspecified atom stereocenters. The van der Waals surface area contributed by atoms with Crippen LogP contribution in [0.5, 0.6) is 0 Å². The van der Waals surface area contributed by atoms with Crippen molar-refractivity contribution in [2.75, 3.05) is 0 Å². The molecule has 0 spiro atoms. The third-order valence-corrected chi connectivity index (χ3v) is 2.62. The van der Waals surface area contributed by atoms with Crippen molar-refractivity contribution in [3.05, 3.63) is 11.6 Å². The van der Waals surface area contributed by atoms with E-state index in [2.05, 4.69) is 17.1 Å². The van der Waals surface area contributed by atoms with Crippen LogP contribution in [0.15, 0.2) is 0 Å². The van der Waals surface area contributed by atoms with Crippen molar-refractivity contribution in [3.8, 4) is 0 Å². The molecule has 66 valence electrons. The van der Waals surface area contributed by atoms with E-state index in [1.54, 1.807) is 0 Å². The predicted molar refractivity (Wildman–Crippen MR) is 45.4 cm³/mol. The molecule has 1 fully saturated rings. The summed E-state index contributed by atoms with van der Waals surface area (Å²) in [6.45, 7) is 2.71. The van der Waals surface area contributed by atoms with Gasteiger partial charge in [-0.2, -0.15) is 0 Å². The summed E-state index contributed by atoms with van der Waals surface area (Å²) >= 11 is 0. The molecule has 1 aliphatic carbocycles. The SMILES string of the molecule is CC1CC1c1nnc(CN)n1C. The van der Waals surface area contributed by atoms with Gasteiger partial charge in [-0.05, 0) is 12.3 Å². The zero-order chi connectivity index (χ0) is 8.72. The minimum Gasteiger partial charge on any atom is -0.324 e. The Morgan fingerprint density at radius 2 is 2.25 bits per heavy atom. The minimum atomic E-state index is 0.477. The van der Waals surface area contributed by atoms with E-state index in [1.807, 2.05) is 11.6 Å². The van der Waals surface area contributed by atoms with Crippen LogP contribution in [0.4, 0.5) is 0 Å². The lowest BCUT2D eigenvalue weighted by Gasteiger charge is -1.99. The molecule has 2 rings (SSSR count). The molecule has 0 radical (unpaired) electrons. The van der Waals surface area contributed by atoms with Crippen molar-refractivity contribution in [1.29, 1.82) is 0 Å². The summed E-state index contributed by atoms with van der Waals surface area (Å²) in [6.07, 6.45) is 1.25. The average Bonchev–Trinajstić information content (AvgIpc) is 2.63. The van der Waals surface area contributed by atoms with E-state index >= 15 is 0 Å². The molecule has 2 atom stereocenters. The topological polar surface area (TPSA) is 56.7 Å². The largest absolute Gasteiger partial charge is 0.324 e. The second-order valence-corrected chi connectivity index (χ2v) is 3.56. The van der Waals surface area contributed by atoms with Gasteiger partial charge in [-0.25, -0.2) is 0 Å². The second-order valence-electron chi connectivity index (χ2n) is 3.56. The molecule has 0 aliphatic heterocycles. The summed E-state index contributed by atoms with van der Waals surface area (Å²) in [6, 6.07) is 0. The van der Waals surface area contributed by atoms with Crippen molar-refractivity contribution >= 4 is 0 Å². The number of nitrogens with zero attached hydrogens (tertiary/aromatic N) is 3. The van der Waals surface area contributed by atoms with Gasteiger partial charge in [0.25, 0.3) is 0 Å². The lowest BCUT2D eigenvalue weighted by molar-refractivity contribution is 0.729. The Balaban J connectivity index is 2.27. The lowest BCUT2D eigenvalue weighted by Crippen LogP contribution is -2.06. The van der Waals surface area contributed by atoms with E-state index in [1.165, 1.54) is 6.42 Å². The smallest absolute Gasteiger partial charge is 0.146 e. The van der Waals surface area contributed by atoms with E-state index in [4.69, 9.17) is 5.73 Å². The van der Waals surface area contributed by atoms with Crippen LogP contribution in [-0.2, 0) is 13.6 Å². The van der Waals surface area contributed by atoms with Gasteiger partial charge < -0.3 is 10.3 Å². The molecular weight excluding hydrogens is 152 g/mol. The van der Waals surface area contributed by atoms with Crippen LogP contribution in [0, 0.1) is 5.92 Å². The van der Waals surface area contributed by atoms with Crippen LogP contribution in [0.1, 0.15) is 30.9 Å². The van der Waals surface area contributed by atoms with Crippen LogP contribution in [0.2, 0.25) is 0 Å². The molecule has 2 N–H and O–H groups in total. The molecule has 0 amide bonds. The molecule has 1 saturated carbocycles. The van der Waals surface area contributed by atoms with E-state index in [0.29, 0.717) is 12.5 Å². The highest BCUT2D eigenvalue weighted by molar-refractivity contribution is 5.10. The Kier molecular flexibility index (Phi) is 1.65. The monoisotopic (exact) mass is 166 g/mol. The van der Waals surface area contributed by atoms with Gasteiger partial charge in [-0.3, -0.25) is 0 Å². The van der Waals surface area contributed by atoms with Crippen molar-refractivity contribution in [1.82, 2.24) is 14.8 Å². The summed E-state index contributed by atoms with van der Waals surface area (Å²) in [5, 5.41) is 8.15. The lowest BCUT2D eigenvalue weighted by atomic mass is 10.3. The average molecular weight is 166 g/mol. The van der Waals surface area contributed by atoms with E-state index in [-0.39, 0.29) is 0 Å². The second kappa shape index (κ2) is 2.55. The van der Waals surface area contributed by atoms with Crippen molar-refractivity contribution in [2.45, 2.75) is 25.8 Å². The van der Waals surface area contributed by atoms with E-state index < -0.39 is 0 Å². The van der Waals surface area contributed by atoms with E-state index in [0.717, 1.165) is 17.6 Å². The van der Waals surface area contributed by atoms with Crippen molar-refractivity contribution in [2.24, 2.45) is 18.7 Å². The number of rotatable bonds is 2. The summed E-state index contributed by atoms with van der Waals surface area (Å²) in [5.41, 5.74) is 5.50. The summed E-state index contributed by atoms with van der Waals surface area (Å²) < 4.78 is 2.02. The summed E-state index contributed by atoms with van der Waals surface area (Å²) in [5.74, 6) is 3.38. The fourth-order valence-electron chi connectivity index (χ4n) is 1.56. The fraction of sp³-hybridized carbons (Fsp3) is 0.750. The molecular formula is C8H14N4. The number of hydrogen-bond donors (Lipinski definition) is 1. The van der Waals surface area contributed by atoms with E-state index in [9.17, 15) is 0 Å². The third-order valence-electron chi connectivity index (χ3n) is 2.62. The Morgan fingerprint density at radius 1 is 1.58 bits per heavy atom. The first kappa shape index (κ1) is 7.73. The molecule has 0 aromatic carbocycles. The van der Waals surface area contributed by atoms with Crippen LogP contribution in [-0.4, -0.2) is 14.8 Å². The molecule has 0 saturated heterocycles. The van der Waals surface area contributed by atoms with Gasteiger partial charge in [-0.15, -0.1) is 10.2 Å². The highest BCUT2D eigenvalue weighted by Gasteiger charge is 2.37. The molecule has 1 aromatic heterocycles. The first-order valence-corrected chi connectivity index (χ1v) is 4.32. The normalized spacial score (nSPS) is 27.6. The maximum atomic E-state index is 5.50. The minimum absolute atomic E-state index is 0.477. The van der Waals surface area contributed by atoms with Gasteiger partial charge in [0.15, 0.2) is 0 Å². The Hall–Kier alpha value is -0.900. The van der Waals surface area contributed by atoms with Crippen LogP contribution < -0.4 is 5.73 Å². The first-order valence-electron chi connectivity index (χ1n) is 4.32. The maximum absolute atomic E-state index is 5.50. The van der Waals surface area contributed by atoms with Gasteiger partial charge >= 0.3 is 0 Å². The molecule has 0 bridgehead atoms. The highest BCUT2D eigenvalue weighted by atomic mass is 15.3. The number of nitrogens with two attached hydrogens (primary N) is 1. The standard InChI is InChI=1S/C8H14N4/c1-5-3-6(5)8-11-10-7(4-9)12(8)2/h5-6H,3-4,9H2,1-2H3. The molecule has 1 aliphatic rings. The maximum Gasteiger partial charge on any atom is 0.146 e.